The van der Waals surface area contributed by atoms with Gasteiger partial charge >= 0.3 is 6.18 Å². The minimum absolute atomic E-state index is 0.0318. The third-order valence-corrected chi connectivity index (χ3v) is 6.25. The lowest BCUT2D eigenvalue weighted by Crippen LogP contribution is -2.29. The topological polar surface area (TPSA) is 56.3 Å². The average molecular weight is 349 g/mol. The number of pyridine rings is 1. The molecule has 2 heterocycles. The van der Waals surface area contributed by atoms with Crippen molar-refractivity contribution in [3.8, 4) is 5.88 Å². The fraction of sp³-hybridized carbons (Fsp3) is 0.667. The van der Waals surface area contributed by atoms with Gasteiger partial charge in [-0.25, -0.2) is 13.4 Å². The summed E-state index contributed by atoms with van der Waals surface area (Å²) < 4.78 is 68.1. The number of sulfone groups is 1. The number of nitrogens with zero attached hydrogens (tertiary/aromatic N) is 1. The Labute approximate surface area is 133 Å². The van der Waals surface area contributed by atoms with Gasteiger partial charge in [0.05, 0.1) is 23.7 Å². The van der Waals surface area contributed by atoms with Gasteiger partial charge in [0.25, 0.3) is 0 Å². The fourth-order valence-electron chi connectivity index (χ4n) is 3.30. The molecule has 1 aliphatic carbocycles. The van der Waals surface area contributed by atoms with E-state index in [1.54, 1.807) is 0 Å². The number of aromatic nitrogens is 1. The molecular formula is C15H18F3NO3S. The zero-order valence-electron chi connectivity index (χ0n) is 12.5. The van der Waals surface area contributed by atoms with E-state index < -0.39 is 21.6 Å². The summed E-state index contributed by atoms with van der Waals surface area (Å²) >= 11 is 0. The van der Waals surface area contributed by atoms with Crippen molar-refractivity contribution in [2.24, 2.45) is 5.92 Å². The van der Waals surface area contributed by atoms with Crippen LogP contribution in [0.15, 0.2) is 6.07 Å². The summed E-state index contributed by atoms with van der Waals surface area (Å²) in [5.41, 5.74) is 0.0439. The van der Waals surface area contributed by atoms with E-state index in [2.05, 4.69) is 4.98 Å². The third kappa shape index (κ3) is 3.79. The van der Waals surface area contributed by atoms with Crippen LogP contribution < -0.4 is 4.74 Å². The van der Waals surface area contributed by atoms with E-state index in [9.17, 15) is 21.6 Å². The Balaban J connectivity index is 1.76. The summed E-state index contributed by atoms with van der Waals surface area (Å²) in [5.74, 6) is -0.0258. The molecule has 0 radical (unpaired) electrons. The number of ether oxygens (including phenoxy) is 1. The third-order valence-electron chi connectivity index (χ3n) is 4.36. The Hall–Kier alpha value is -1.31. The molecule has 0 N–H and O–H groups in total. The fourth-order valence-corrected chi connectivity index (χ4v) is 5.05. The lowest BCUT2D eigenvalue weighted by atomic mass is 10.1. The van der Waals surface area contributed by atoms with E-state index in [0.717, 1.165) is 6.07 Å². The monoisotopic (exact) mass is 349 g/mol. The van der Waals surface area contributed by atoms with Crippen LogP contribution in [0.2, 0.25) is 0 Å². The summed E-state index contributed by atoms with van der Waals surface area (Å²) in [5, 5.41) is 0. The van der Waals surface area contributed by atoms with Gasteiger partial charge in [-0.3, -0.25) is 0 Å². The number of hydrogen-bond donors (Lipinski definition) is 0. The molecule has 0 aromatic carbocycles. The van der Waals surface area contributed by atoms with Crippen molar-refractivity contribution >= 4 is 9.84 Å². The molecule has 3 rings (SSSR count). The molecule has 1 aliphatic heterocycles. The molecule has 2 aliphatic rings. The van der Waals surface area contributed by atoms with Crippen LogP contribution in [-0.2, 0) is 28.9 Å². The Morgan fingerprint density at radius 1 is 1.26 bits per heavy atom. The van der Waals surface area contributed by atoms with Crippen LogP contribution in [0.5, 0.6) is 5.88 Å². The molecule has 0 amide bonds. The number of alkyl halides is 3. The van der Waals surface area contributed by atoms with E-state index in [0.29, 0.717) is 37.8 Å². The highest BCUT2D eigenvalue weighted by atomic mass is 32.2. The summed E-state index contributed by atoms with van der Waals surface area (Å²) in [6.45, 7) is 0.0856. The summed E-state index contributed by atoms with van der Waals surface area (Å²) in [4.78, 5) is 4.18. The second-order valence-electron chi connectivity index (χ2n) is 6.22. The maximum absolute atomic E-state index is 13.2. The van der Waals surface area contributed by atoms with Crippen LogP contribution in [0.1, 0.15) is 36.1 Å². The molecule has 8 heteroatoms. The molecule has 1 unspecified atom stereocenters. The molecule has 0 spiro atoms. The molecule has 0 bridgehead atoms. The van der Waals surface area contributed by atoms with Crippen LogP contribution in [0, 0.1) is 5.92 Å². The van der Waals surface area contributed by atoms with Gasteiger partial charge in [0.1, 0.15) is 0 Å². The van der Waals surface area contributed by atoms with Crippen molar-refractivity contribution in [2.75, 3.05) is 18.1 Å². The first-order chi connectivity index (χ1) is 10.7. The van der Waals surface area contributed by atoms with Crippen LogP contribution in [-0.4, -0.2) is 31.5 Å². The van der Waals surface area contributed by atoms with Gasteiger partial charge in [-0.1, -0.05) is 0 Å². The second-order valence-corrected chi connectivity index (χ2v) is 8.45. The van der Waals surface area contributed by atoms with Gasteiger partial charge in [0, 0.05) is 17.7 Å². The Kier molecular flexibility index (Phi) is 4.29. The minimum Gasteiger partial charge on any atom is -0.477 e. The van der Waals surface area contributed by atoms with Crippen LogP contribution in [0.3, 0.4) is 0 Å². The second kappa shape index (κ2) is 5.96. The summed E-state index contributed by atoms with van der Waals surface area (Å²) in [6.07, 6.45) is -1.58. The van der Waals surface area contributed by atoms with Gasteiger partial charge in [-0.05, 0) is 37.7 Å². The molecule has 4 nitrogen and oxygen atoms in total. The predicted molar refractivity (Wildman–Crippen MR) is 78.1 cm³/mol. The SMILES string of the molecule is O=S1(=O)CCCC(COc2cc(C(F)(F)F)c3c(n2)CCC3)C1. The highest BCUT2D eigenvalue weighted by molar-refractivity contribution is 7.91. The zero-order chi connectivity index (χ0) is 16.7. The molecule has 1 fully saturated rings. The number of fused-ring (bicyclic) bond motifs is 1. The van der Waals surface area contributed by atoms with Crippen LogP contribution in [0.4, 0.5) is 13.2 Å². The van der Waals surface area contributed by atoms with Crippen molar-refractivity contribution in [1.82, 2.24) is 4.98 Å². The Morgan fingerprint density at radius 2 is 2.04 bits per heavy atom. The van der Waals surface area contributed by atoms with E-state index in [-0.39, 0.29) is 35.5 Å². The largest absolute Gasteiger partial charge is 0.477 e. The minimum atomic E-state index is -4.43. The van der Waals surface area contributed by atoms with E-state index >= 15 is 0 Å². The lowest BCUT2D eigenvalue weighted by molar-refractivity contribution is -0.138. The van der Waals surface area contributed by atoms with E-state index in [1.807, 2.05) is 0 Å². The highest BCUT2D eigenvalue weighted by Crippen LogP contribution is 2.38. The number of aryl methyl sites for hydroxylation is 1. The maximum atomic E-state index is 13.2. The van der Waals surface area contributed by atoms with Gasteiger partial charge in [-0.2, -0.15) is 13.2 Å². The van der Waals surface area contributed by atoms with Crippen LogP contribution >= 0.6 is 0 Å². The first-order valence-corrected chi connectivity index (χ1v) is 9.50. The Bertz CT molecular complexity index is 701. The number of hydrogen-bond acceptors (Lipinski definition) is 4. The van der Waals surface area contributed by atoms with E-state index in [1.165, 1.54) is 0 Å². The molecule has 1 aromatic heterocycles. The summed E-state index contributed by atoms with van der Waals surface area (Å²) in [7, 11) is -3.06. The molecule has 23 heavy (non-hydrogen) atoms. The molecular weight excluding hydrogens is 331 g/mol. The zero-order valence-corrected chi connectivity index (χ0v) is 13.3. The van der Waals surface area contributed by atoms with Gasteiger partial charge in [0.15, 0.2) is 9.84 Å². The van der Waals surface area contributed by atoms with E-state index in [4.69, 9.17) is 4.74 Å². The number of halogens is 3. The number of rotatable bonds is 3. The standard InChI is InChI=1S/C15H18F3NO3S/c16-15(17,18)12-7-14(19-13-5-1-4-11(12)13)22-8-10-3-2-6-23(20,21)9-10/h7,10H,1-6,8-9H2. The van der Waals surface area contributed by atoms with Gasteiger partial charge < -0.3 is 4.74 Å². The molecule has 1 aromatic rings. The van der Waals surface area contributed by atoms with Crippen molar-refractivity contribution in [1.29, 1.82) is 0 Å². The average Bonchev–Trinajstić information content (AvgIpc) is 2.90. The normalized spacial score (nSPS) is 23.5. The van der Waals surface area contributed by atoms with Crippen molar-refractivity contribution in [2.45, 2.75) is 38.3 Å². The highest BCUT2D eigenvalue weighted by Gasteiger charge is 2.37. The van der Waals surface area contributed by atoms with Crippen molar-refractivity contribution in [3.63, 3.8) is 0 Å². The molecule has 1 saturated heterocycles. The smallest absolute Gasteiger partial charge is 0.416 e. The molecule has 128 valence electrons. The maximum Gasteiger partial charge on any atom is 0.416 e. The van der Waals surface area contributed by atoms with Crippen molar-refractivity contribution < 1.29 is 26.3 Å². The first kappa shape index (κ1) is 16.5. The van der Waals surface area contributed by atoms with Gasteiger partial charge in [-0.15, -0.1) is 0 Å². The van der Waals surface area contributed by atoms with Gasteiger partial charge in [0.2, 0.25) is 5.88 Å². The lowest BCUT2D eigenvalue weighted by Gasteiger charge is -2.22. The quantitative estimate of drug-likeness (QED) is 0.842. The predicted octanol–water partition coefficient (Wildman–Crippen LogP) is 2.79. The van der Waals surface area contributed by atoms with Crippen LogP contribution in [0.25, 0.3) is 0 Å². The molecule has 1 atom stereocenters. The first-order valence-electron chi connectivity index (χ1n) is 7.68. The summed E-state index contributed by atoms with van der Waals surface area (Å²) in [6, 6.07) is 0.946. The molecule has 0 saturated carbocycles. The Morgan fingerprint density at radius 3 is 2.74 bits per heavy atom. The van der Waals surface area contributed by atoms with Crippen molar-refractivity contribution in [3.05, 3.63) is 22.9 Å².